The van der Waals surface area contributed by atoms with Gasteiger partial charge in [-0.05, 0) is 57.9 Å². The molecule has 1 saturated heterocycles. The Morgan fingerprint density at radius 2 is 1.82 bits per heavy atom. The molecule has 1 aliphatic rings. The van der Waals surface area contributed by atoms with E-state index in [9.17, 15) is 29.6 Å². The number of barbiturate groups is 1. The Labute approximate surface area is 170 Å². The second-order valence-electron chi connectivity index (χ2n) is 5.56. The zero-order valence-corrected chi connectivity index (χ0v) is 16.0. The molecule has 2 aromatic carbocycles. The fourth-order valence-electron chi connectivity index (χ4n) is 2.48. The van der Waals surface area contributed by atoms with Crippen LogP contribution in [0.1, 0.15) is 5.56 Å². The minimum Gasteiger partial charge on any atom is -0.501 e. The number of carbonyl (C=O) groups excluding carboxylic acids is 3. The molecule has 0 aromatic heterocycles. The first-order valence-corrected chi connectivity index (χ1v) is 8.70. The number of amides is 4. The minimum absolute atomic E-state index is 0.00264. The molecular formula is C17H9BrClN3O6. The number of benzene rings is 2. The maximum Gasteiger partial charge on any atom is 0.335 e. The maximum absolute atomic E-state index is 12.8. The van der Waals surface area contributed by atoms with E-state index >= 15 is 0 Å². The monoisotopic (exact) mass is 465 g/mol. The van der Waals surface area contributed by atoms with E-state index in [1.165, 1.54) is 30.3 Å². The summed E-state index contributed by atoms with van der Waals surface area (Å²) >= 11 is 8.78. The summed E-state index contributed by atoms with van der Waals surface area (Å²) in [6.07, 6.45) is 1.09. The van der Waals surface area contributed by atoms with Gasteiger partial charge in [0.2, 0.25) is 5.75 Å². The van der Waals surface area contributed by atoms with Crippen LogP contribution in [0.15, 0.2) is 46.4 Å². The molecular weight excluding hydrogens is 458 g/mol. The number of nitro groups is 1. The topological polar surface area (TPSA) is 130 Å². The normalized spacial score (nSPS) is 15.7. The van der Waals surface area contributed by atoms with Crippen molar-refractivity contribution in [1.82, 2.24) is 5.32 Å². The summed E-state index contributed by atoms with van der Waals surface area (Å²) in [7, 11) is 0. The Hall–Kier alpha value is -3.24. The van der Waals surface area contributed by atoms with Crippen molar-refractivity contribution in [3.05, 3.63) is 67.1 Å². The largest absolute Gasteiger partial charge is 0.501 e. The summed E-state index contributed by atoms with van der Waals surface area (Å²) in [6, 6.07) is 7.14. The molecule has 4 amide bonds. The van der Waals surface area contributed by atoms with Gasteiger partial charge in [0, 0.05) is 11.1 Å². The number of imide groups is 2. The smallest absolute Gasteiger partial charge is 0.335 e. The summed E-state index contributed by atoms with van der Waals surface area (Å²) in [4.78, 5) is 48.0. The Bertz CT molecular complexity index is 1070. The van der Waals surface area contributed by atoms with Gasteiger partial charge in [-0.2, -0.15) is 0 Å². The van der Waals surface area contributed by atoms with Crippen LogP contribution in [-0.4, -0.2) is 27.9 Å². The fraction of sp³-hybridized carbons (Fsp3) is 0. The lowest BCUT2D eigenvalue weighted by molar-refractivity contribution is -0.386. The number of hydrogen-bond donors (Lipinski definition) is 2. The summed E-state index contributed by atoms with van der Waals surface area (Å²) in [5.74, 6) is -2.46. The number of rotatable bonds is 3. The molecule has 0 radical (unpaired) electrons. The fourth-order valence-corrected chi connectivity index (χ4v) is 3.07. The average Bonchev–Trinajstić information content (AvgIpc) is 2.62. The predicted molar refractivity (Wildman–Crippen MR) is 103 cm³/mol. The Balaban J connectivity index is 2.07. The number of phenolic OH excluding ortho intramolecular Hbond substituents is 1. The van der Waals surface area contributed by atoms with Crippen molar-refractivity contribution < 1.29 is 24.4 Å². The van der Waals surface area contributed by atoms with Crippen LogP contribution in [0.25, 0.3) is 6.08 Å². The van der Waals surface area contributed by atoms with Gasteiger partial charge in [0.15, 0.2) is 0 Å². The highest BCUT2D eigenvalue weighted by Crippen LogP contribution is 2.36. The Kier molecular flexibility index (Phi) is 5.16. The van der Waals surface area contributed by atoms with Gasteiger partial charge >= 0.3 is 11.7 Å². The van der Waals surface area contributed by atoms with Gasteiger partial charge in [0.05, 0.1) is 15.1 Å². The standard InChI is InChI=1S/C17H9BrClN3O6/c18-12-6-8(7-13(14(12)23)22(27)28)5-11-15(24)20-17(26)21(16(11)25)10-3-1-9(19)2-4-10/h1-7,23H,(H,20,24,26)/b11-5+. The minimum atomic E-state index is -0.952. The van der Waals surface area contributed by atoms with Crippen LogP contribution < -0.4 is 10.2 Å². The second kappa shape index (κ2) is 7.41. The SMILES string of the molecule is O=C1NC(=O)N(c2ccc(Cl)cc2)C(=O)/C1=C/c1cc(Br)c(O)c([N+](=O)[O-])c1. The molecule has 0 aliphatic carbocycles. The van der Waals surface area contributed by atoms with Gasteiger partial charge in [-0.15, -0.1) is 0 Å². The molecule has 2 N–H and O–H groups in total. The van der Waals surface area contributed by atoms with E-state index in [4.69, 9.17) is 11.6 Å². The molecule has 0 bridgehead atoms. The number of hydrogen-bond acceptors (Lipinski definition) is 6. The molecule has 11 heteroatoms. The van der Waals surface area contributed by atoms with Crippen LogP contribution in [0.4, 0.5) is 16.2 Å². The number of nitrogens with zero attached hydrogens (tertiary/aromatic N) is 2. The van der Waals surface area contributed by atoms with Gasteiger partial charge in [-0.25, -0.2) is 9.69 Å². The highest BCUT2D eigenvalue weighted by atomic mass is 79.9. The molecule has 9 nitrogen and oxygen atoms in total. The number of anilines is 1. The van der Waals surface area contributed by atoms with Crippen molar-refractivity contribution in [2.45, 2.75) is 0 Å². The number of aromatic hydroxyl groups is 1. The van der Waals surface area contributed by atoms with Gasteiger partial charge < -0.3 is 5.11 Å². The molecule has 1 fully saturated rings. The third-order valence-corrected chi connectivity index (χ3v) is 4.62. The van der Waals surface area contributed by atoms with E-state index in [0.29, 0.717) is 5.02 Å². The van der Waals surface area contributed by atoms with Crippen molar-refractivity contribution in [3.8, 4) is 5.75 Å². The van der Waals surface area contributed by atoms with E-state index in [1.54, 1.807) is 0 Å². The van der Waals surface area contributed by atoms with Gasteiger partial charge in [-0.3, -0.25) is 25.0 Å². The molecule has 1 aliphatic heterocycles. The van der Waals surface area contributed by atoms with Crippen molar-refractivity contribution in [2.75, 3.05) is 4.90 Å². The van der Waals surface area contributed by atoms with Gasteiger partial charge in [0.25, 0.3) is 11.8 Å². The van der Waals surface area contributed by atoms with Crippen LogP contribution >= 0.6 is 27.5 Å². The second-order valence-corrected chi connectivity index (χ2v) is 6.85. The predicted octanol–water partition coefficient (Wildman–Crippen LogP) is 3.38. The summed E-state index contributed by atoms with van der Waals surface area (Å²) in [6.45, 7) is 0. The quantitative estimate of drug-likeness (QED) is 0.309. The number of nitrogens with one attached hydrogen (secondary N) is 1. The number of nitro benzene ring substituents is 1. The lowest BCUT2D eigenvalue weighted by atomic mass is 10.1. The zero-order valence-electron chi connectivity index (χ0n) is 13.7. The Morgan fingerprint density at radius 3 is 2.43 bits per heavy atom. The van der Waals surface area contributed by atoms with Crippen LogP contribution in [0, 0.1) is 10.1 Å². The third-order valence-electron chi connectivity index (χ3n) is 3.76. The van der Waals surface area contributed by atoms with Crippen LogP contribution in [-0.2, 0) is 9.59 Å². The molecule has 0 spiro atoms. The number of urea groups is 1. The molecule has 1 heterocycles. The first kappa shape index (κ1) is 19.5. The summed E-state index contributed by atoms with van der Waals surface area (Å²) < 4.78 is 0.00264. The number of phenols is 1. The Morgan fingerprint density at radius 1 is 1.18 bits per heavy atom. The van der Waals surface area contributed by atoms with E-state index in [-0.39, 0.29) is 15.7 Å². The van der Waals surface area contributed by atoms with E-state index < -0.39 is 39.8 Å². The highest BCUT2D eigenvalue weighted by molar-refractivity contribution is 9.10. The number of halogens is 2. The van der Waals surface area contributed by atoms with E-state index in [0.717, 1.165) is 17.0 Å². The molecule has 2 aromatic rings. The zero-order chi connectivity index (χ0) is 20.6. The molecule has 0 atom stereocenters. The number of carbonyl (C=O) groups is 3. The van der Waals surface area contributed by atoms with Crippen molar-refractivity contribution in [2.24, 2.45) is 0 Å². The van der Waals surface area contributed by atoms with Crippen molar-refractivity contribution >= 4 is 62.8 Å². The van der Waals surface area contributed by atoms with Crippen LogP contribution in [0.2, 0.25) is 5.02 Å². The molecule has 0 saturated carbocycles. The van der Waals surface area contributed by atoms with E-state index in [2.05, 4.69) is 15.9 Å². The molecule has 142 valence electrons. The van der Waals surface area contributed by atoms with Crippen molar-refractivity contribution in [1.29, 1.82) is 0 Å². The van der Waals surface area contributed by atoms with Crippen molar-refractivity contribution in [3.63, 3.8) is 0 Å². The lowest BCUT2D eigenvalue weighted by Gasteiger charge is -2.26. The van der Waals surface area contributed by atoms with Crippen LogP contribution in [0.3, 0.4) is 0 Å². The maximum atomic E-state index is 12.8. The summed E-state index contributed by atoms with van der Waals surface area (Å²) in [5.41, 5.74) is -0.750. The van der Waals surface area contributed by atoms with Gasteiger partial charge in [-0.1, -0.05) is 11.6 Å². The lowest BCUT2D eigenvalue weighted by Crippen LogP contribution is -2.54. The molecule has 0 unspecified atom stereocenters. The summed E-state index contributed by atoms with van der Waals surface area (Å²) in [5, 5.41) is 23.2. The molecule has 28 heavy (non-hydrogen) atoms. The van der Waals surface area contributed by atoms with E-state index in [1.807, 2.05) is 5.32 Å². The van der Waals surface area contributed by atoms with Gasteiger partial charge in [0.1, 0.15) is 5.57 Å². The first-order valence-electron chi connectivity index (χ1n) is 7.53. The third kappa shape index (κ3) is 3.59. The first-order chi connectivity index (χ1) is 13.2. The average molecular weight is 467 g/mol. The molecule has 3 rings (SSSR count). The highest BCUT2D eigenvalue weighted by Gasteiger charge is 2.37. The van der Waals surface area contributed by atoms with Crippen LogP contribution in [0.5, 0.6) is 5.75 Å².